The Kier molecular flexibility index (Phi) is 4.10. The Labute approximate surface area is 216 Å². The molecule has 37 heavy (non-hydrogen) atoms. The number of hydrogen-bond donors (Lipinski definition) is 0. The van der Waals surface area contributed by atoms with Gasteiger partial charge in [0.05, 0.1) is 0 Å². The Hall–Kier alpha value is -4.42. The van der Waals surface area contributed by atoms with Crippen LogP contribution in [0.25, 0.3) is 65.3 Å². The van der Waals surface area contributed by atoms with Crippen molar-refractivity contribution in [2.45, 2.75) is 19.3 Å². The highest BCUT2D eigenvalue weighted by atomic mass is 14.4. The van der Waals surface area contributed by atoms with Crippen molar-refractivity contribution in [3.8, 4) is 22.3 Å². The Morgan fingerprint density at radius 2 is 1.05 bits per heavy atom. The first-order valence-corrected chi connectivity index (χ1v) is 13.1. The molecule has 0 aromatic heterocycles. The topological polar surface area (TPSA) is 0 Å². The number of rotatable bonds is 1. The molecule has 1 aliphatic carbocycles. The van der Waals surface area contributed by atoms with E-state index in [0.717, 1.165) is 0 Å². The van der Waals surface area contributed by atoms with E-state index < -0.39 is 0 Å². The van der Waals surface area contributed by atoms with Gasteiger partial charge in [-0.05, 0) is 101 Å². The van der Waals surface area contributed by atoms with Crippen molar-refractivity contribution < 1.29 is 0 Å². The van der Waals surface area contributed by atoms with Gasteiger partial charge < -0.3 is 0 Å². The molecule has 0 saturated carbocycles. The van der Waals surface area contributed by atoms with Crippen molar-refractivity contribution in [2.75, 3.05) is 0 Å². The molecule has 0 heterocycles. The van der Waals surface area contributed by atoms with Gasteiger partial charge in [0.2, 0.25) is 0 Å². The van der Waals surface area contributed by atoms with Crippen molar-refractivity contribution in [3.05, 3.63) is 132 Å². The molecule has 0 amide bonds. The monoisotopic (exact) mass is 470 g/mol. The van der Waals surface area contributed by atoms with Crippen molar-refractivity contribution in [2.24, 2.45) is 0 Å². The van der Waals surface area contributed by atoms with Crippen LogP contribution in [0.15, 0.2) is 121 Å². The molecule has 0 aliphatic heterocycles. The van der Waals surface area contributed by atoms with Gasteiger partial charge in [0.15, 0.2) is 0 Å². The third-order valence-corrected chi connectivity index (χ3v) is 8.58. The fourth-order valence-electron chi connectivity index (χ4n) is 6.72. The second-order valence-electron chi connectivity index (χ2n) is 11.0. The minimum Gasteiger partial charge on any atom is -0.0616 e. The standard InChI is InChI=1S/C37H26/c1-37(2)33-22-28(17-18-31(33)32-20-24-10-3-4-11-25(24)21-34(32)37)36-30-14-8-6-12-26(30)19-27-16-15-23-9-5-7-13-29(23)35(27)36/h3-22H,1-2H3. The van der Waals surface area contributed by atoms with Gasteiger partial charge in [-0.1, -0.05) is 111 Å². The van der Waals surface area contributed by atoms with E-state index in [-0.39, 0.29) is 5.41 Å². The summed E-state index contributed by atoms with van der Waals surface area (Å²) in [6, 6.07) is 45.2. The van der Waals surface area contributed by atoms with Crippen molar-refractivity contribution in [1.82, 2.24) is 0 Å². The van der Waals surface area contributed by atoms with Crippen LogP contribution in [-0.2, 0) is 5.41 Å². The van der Waals surface area contributed by atoms with Crippen LogP contribution < -0.4 is 0 Å². The summed E-state index contributed by atoms with van der Waals surface area (Å²) in [6.45, 7) is 4.76. The van der Waals surface area contributed by atoms with Gasteiger partial charge in [-0.25, -0.2) is 0 Å². The lowest BCUT2D eigenvalue weighted by Gasteiger charge is -2.23. The molecule has 0 heteroatoms. The summed E-state index contributed by atoms with van der Waals surface area (Å²) in [5.74, 6) is 0. The average molecular weight is 471 g/mol. The van der Waals surface area contributed by atoms with Gasteiger partial charge in [-0.2, -0.15) is 0 Å². The lowest BCUT2D eigenvalue weighted by molar-refractivity contribution is 0.661. The molecule has 0 saturated heterocycles. The SMILES string of the molecule is CC1(C)c2cc(-c3c4ccccc4cc4ccc5ccccc5c34)ccc2-c2cc3ccccc3cc21. The van der Waals surface area contributed by atoms with E-state index >= 15 is 0 Å². The summed E-state index contributed by atoms with van der Waals surface area (Å²) in [5, 5.41) is 10.5. The summed E-state index contributed by atoms with van der Waals surface area (Å²) in [7, 11) is 0. The molecular formula is C37H26. The number of fused-ring (bicyclic) bond motifs is 8. The molecule has 174 valence electrons. The highest BCUT2D eigenvalue weighted by molar-refractivity contribution is 6.22. The largest absolute Gasteiger partial charge is 0.0616 e. The van der Waals surface area contributed by atoms with E-state index in [4.69, 9.17) is 0 Å². The second kappa shape index (κ2) is 7.31. The van der Waals surface area contributed by atoms with Crippen LogP contribution in [0, 0.1) is 0 Å². The van der Waals surface area contributed by atoms with E-state index in [1.165, 1.54) is 76.5 Å². The van der Waals surface area contributed by atoms with Crippen LogP contribution in [0.4, 0.5) is 0 Å². The zero-order chi connectivity index (χ0) is 24.7. The van der Waals surface area contributed by atoms with Crippen molar-refractivity contribution in [1.29, 1.82) is 0 Å². The van der Waals surface area contributed by atoms with Gasteiger partial charge >= 0.3 is 0 Å². The predicted octanol–water partition coefficient (Wildman–Crippen LogP) is 10.3. The molecule has 0 nitrogen and oxygen atoms in total. The van der Waals surface area contributed by atoms with Crippen LogP contribution in [0.1, 0.15) is 25.0 Å². The zero-order valence-electron chi connectivity index (χ0n) is 21.0. The lowest BCUT2D eigenvalue weighted by atomic mass is 9.80. The van der Waals surface area contributed by atoms with Crippen molar-refractivity contribution >= 4 is 43.1 Å². The highest BCUT2D eigenvalue weighted by Crippen LogP contribution is 2.51. The first-order valence-electron chi connectivity index (χ1n) is 13.1. The summed E-state index contributed by atoms with van der Waals surface area (Å²) < 4.78 is 0. The summed E-state index contributed by atoms with van der Waals surface area (Å²) in [4.78, 5) is 0. The lowest BCUT2D eigenvalue weighted by Crippen LogP contribution is -2.15. The van der Waals surface area contributed by atoms with Crippen LogP contribution in [0.5, 0.6) is 0 Å². The third kappa shape index (κ3) is 2.84. The van der Waals surface area contributed by atoms with Crippen LogP contribution in [0.3, 0.4) is 0 Å². The van der Waals surface area contributed by atoms with E-state index in [0.29, 0.717) is 0 Å². The average Bonchev–Trinajstić information content (AvgIpc) is 3.15. The Balaban J connectivity index is 1.47. The first kappa shape index (κ1) is 20.7. The van der Waals surface area contributed by atoms with Crippen LogP contribution in [-0.4, -0.2) is 0 Å². The quantitative estimate of drug-likeness (QED) is 0.165. The Morgan fingerprint density at radius 1 is 0.432 bits per heavy atom. The molecule has 0 fully saturated rings. The van der Waals surface area contributed by atoms with Gasteiger partial charge in [0.1, 0.15) is 0 Å². The second-order valence-corrected chi connectivity index (χ2v) is 11.0. The maximum absolute atomic E-state index is 2.48. The molecule has 1 aliphatic rings. The Morgan fingerprint density at radius 3 is 1.86 bits per heavy atom. The van der Waals surface area contributed by atoms with Crippen LogP contribution >= 0.6 is 0 Å². The maximum atomic E-state index is 2.48. The fraction of sp³-hybridized carbons (Fsp3) is 0.0811. The Bertz CT molecular complexity index is 2060. The van der Waals surface area contributed by atoms with Gasteiger partial charge in [-0.3, -0.25) is 0 Å². The number of hydrogen-bond acceptors (Lipinski definition) is 0. The highest BCUT2D eigenvalue weighted by Gasteiger charge is 2.36. The molecule has 0 atom stereocenters. The van der Waals surface area contributed by atoms with E-state index in [9.17, 15) is 0 Å². The summed E-state index contributed by atoms with van der Waals surface area (Å²) in [6.07, 6.45) is 0. The smallest absolute Gasteiger partial charge is 0.0159 e. The summed E-state index contributed by atoms with van der Waals surface area (Å²) in [5.41, 5.74) is 8.14. The minimum absolute atomic E-state index is 0.0623. The molecule has 0 N–H and O–H groups in total. The summed E-state index contributed by atoms with van der Waals surface area (Å²) >= 11 is 0. The van der Waals surface area contributed by atoms with Crippen LogP contribution in [0.2, 0.25) is 0 Å². The van der Waals surface area contributed by atoms with Gasteiger partial charge in [0, 0.05) is 5.41 Å². The fourth-order valence-corrected chi connectivity index (χ4v) is 6.72. The number of benzene rings is 7. The van der Waals surface area contributed by atoms with Crippen molar-refractivity contribution in [3.63, 3.8) is 0 Å². The third-order valence-electron chi connectivity index (χ3n) is 8.58. The zero-order valence-corrected chi connectivity index (χ0v) is 21.0. The minimum atomic E-state index is -0.0623. The van der Waals surface area contributed by atoms with E-state index in [2.05, 4.69) is 135 Å². The van der Waals surface area contributed by atoms with Gasteiger partial charge in [-0.15, -0.1) is 0 Å². The molecular weight excluding hydrogens is 444 g/mol. The molecule has 8 rings (SSSR count). The molecule has 0 bridgehead atoms. The molecule has 0 unspecified atom stereocenters. The molecule has 0 radical (unpaired) electrons. The normalized spacial score (nSPS) is 13.9. The van der Waals surface area contributed by atoms with Gasteiger partial charge in [0.25, 0.3) is 0 Å². The molecule has 7 aromatic carbocycles. The van der Waals surface area contributed by atoms with E-state index in [1.54, 1.807) is 0 Å². The predicted molar refractivity (Wildman–Crippen MR) is 159 cm³/mol. The first-order chi connectivity index (χ1) is 18.1. The molecule has 0 spiro atoms. The van der Waals surface area contributed by atoms with E-state index in [1.807, 2.05) is 0 Å². The molecule has 7 aromatic rings. The maximum Gasteiger partial charge on any atom is 0.0159 e.